The standard InChI is InChI=1S/C21H34O4/c1-14(13-18(22)23)7-9-16-15(2)8-10-17-20(16,3)11-6-12-21(17,4)19(24)25-5/h14,16-17H,2,6-13H2,1,3-5H3,(H,22,23)/t14-,16-,17+,20-,21-/m1/s1. The number of allylic oxidation sites excluding steroid dienone is 1. The highest BCUT2D eigenvalue weighted by Gasteiger charge is 2.57. The number of aliphatic carboxylic acids is 1. The van der Waals surface area contributed by atoms with Gasteiger partial charge in [0.1, 0.15) is 0 Å². The summed E-state index contributed by atoms with van der Waals surface area (Å²) in [6, 6.07) is 0. The topological polar surface area (TPSA) is 63.6 Å². The molecule has 2 saturated carbocycles. The molecule has 4 heteroatoms. The molecule has 0 aliphatic heterocycles. The molecule has 5 atom stereocenters. The molecule has 142 valence electrons. The van der Waals surface area contributed by atoms with Gasteiger partial charge in [0.15, 0.2) is 0 Å². The number of carbonyl (C=O) groups excluding carboxylic acids is 1. The summed E-state index contributed by atoms with van der Waals surface area (Å²) in [6.45, 7) is 10.8. The molecule has 1 N–H and O–H groups in total. The Morgan fingerprint density at radius 2 is 2.04 bits per heavy atom. The number of rotatable bonds is 6. The maximum absolute atomic E-state index is 12.6. The maximum atomic E-state index is 12.6. The molecule has 4 nitrogen and oxygen atoms in total. The fraction of sp³-hybridized carbons (Fsp3) is 0.810. The summed E-state index contributed by atoms with van der Waals surface area (Å²) in [6.07, 6.45) is 7.10. The molecule has 2 aliphatic carbocycles. The molecule has 0 aromatic heterocycles. The first-order chi connectivity index (χ1) is 11.6. The molecular formula is C21H34O4. The molecule has 0 spiro atoms. The third-order valence-corrected chi connectivity index (χ3v) is 7.14. The van der Waals surface area contributed by atoms with E-state index in [0.29, 0.717) is 11.8 Å². The molecule has 0 saturated heterocycles. The summed E-state index contributed by atoms with van der Waals surface area (Å²) in [4.78, 5) is 23.5. The van der Waals surface area contributed by atoms with Crippen LogP contribution in [0, 0.1) is 28.6 Å². The van der Waals surface area contributed by atoms with Crippen LogP contribution in [0.15, 0.2) is 12.2 Å². The zero-order valence-corrected chi connectivity index (χ0v) is 16.3. The third-order valence-electron chi connectivity index (χ3n) is 7.14. The Morgan fingerprint density at radius 1 is 1.36 bits per heavy atom. The van der Waals surface area contributed by atoms with Gasteiger partial charge in [-0.15, -0.1) is 0 Å². The highest BCUT2D eigenvalue weighted by Crippen LogP contribution is 2.62. The number of carboxylic acids is 1. The van der Waals surface area contributed by atoms with Crippen LogP contribution in [0.4, 0.5) is 0 Å². The molecule has 0 bridgehead atoms. The number of hydrogen-bond donors (Lipinski definition) is 1. The predicted octanol–water partition coefficient (Wildman–Crippen LogP) is 4.83. The Labute approximate surface area is 152 Å². The molecule has 0 aromatic rings. The summed E-state index contributed by atoms with van der Waals surface area (Å²) in [5.41, 5.74) is 0.933. The van der Waals surface area contributed by atoms with Crippen molar-refractivity contribution in [2.45, 2.75) is 72.1 Å². The van der Waals surface area contributed by atoms with E-state index in [1.54, 1.807) is 0 Å². The zero-order chi connectivity index (χ0) is 18.8. The number of fused-ring (bicyclic) bond motifs is 1. The smallest absolute Gasteiger partial charge is 0.311 e. The van der Waals surface area contributed by atoms with E-state index in [1.807, 2.05) is 6.92 Å². The Balaban J connectivity index is 2.21. The van der Waals surface area contributed by atoms with Crippen molar-refractivity contribution in [1.82, 2.24) is 0 Å². The normalized spacial score (nSPS) is 36.4. The van der Waals surface area contributed by atoms with Crippen LogP contribution in [0.5, 0.6) is 0 Å². The first kappa shape index (κ1) is 20.0. The average Bonchev–Trinajstić information content (AvgIpc) is 2.52. The van der Waals surface area contributed by atoms with Gasteiger partial charge >= 0.3 is 11.9 Å². The lowest BCUT2D eigenvalue weighted by atomic mass is 9.46. The van der Waals surface area contributed by atoms with Gasteiger partial charge in [0.2, 0.25) is 0 Å². The summed E-state index contributed by atoms with van der Waals surface area (Å²) in [5, 5.41) is 9.00. The van der Waals surface area contributed by atoms with Gasteiger partial charge in [-0.3, -0.25) is 9.59 Å². The summed E-state index contributed by atoms with van der Waals surface area (Å²) in [7, 11) is 1.49. The lowest BCUT2D eigenvalue weighted by molar-refractivity contribution is -0.168. The molecule has 0 aromatic carbocycles. The minimum Gasteiger partial charge on any atom is -0.481 e. The van der Waals surface area contributed by atoms with Crippen LogP contribution in [0.2, 0.25) is 0 Å². The minimum absolute atomic E-state index is 0.0550. The van der Waals surface area contributed by atoms with E-state index in [-0.39, 0.29) is 23.7 Å². The molecule has 0 heterocycles. The number of hydrogen-bond acceptors (Lipinski definition) is 3. The van der Waals surface area contributed by atoms with Crippen LogP contribution in [-0.4, -0.2) is 24.2 Å². The van der Waals surface area contributed by atoms with E-state index in [2.05, 4.69) is 20.4 Å². The first-order valence-corrected chi connectivity index (χ1v) is 9.63. The van der Waals surface area contributed by atoms with Crippen LogP contribution in [0.25, 0.3) is 0 Å². The Bertz CT molecular complexity index is 540. The van der Waals surface area contributed by atoms with Crippen molar-refractivity contribution in [1.29, 1.82) is 0 Å². The average molecular weight is 350 g/mol. The van der Waals surface area contributed by atoms with Crippen molar-refractivity contribution in [2.24, 2.45) is 28.6 Å². The number of ether oxygens (including phenoxy) is 1. The van der Waals surface area contributed by atoms with E-state index in [4.69, 9.17) is 9.84 Å². The van der Waals surface area contributed by atoms with Gasteiger partial charge in [0, 0.05) is 6.42 Å². The number of carbonyl (C=O) groups is 2. The fourth-order valence-electron chi connectivity index (χ4n) is 5.81. The molecule has 2 aliphatic rings. The third kappa shape index (κ3) is 3.78. The van der Waals surface area contributed by atoms with Crippen molar-refractivity contribution < 1.29 is 19.4 Å². The van der Waals surface area contributed by atoms with Crippen molar-refractivity contribution in [3.05, 3.63) is 12.2 Å². The molecular weight excluding hydrogens is 316 g/mol. The van der Waals surface area contributed by atoms with Gasteiger partial charge < -0.3 is 9.84 Å². The highest BCUT2D eigenvalue weighted by molar-refractivity contribution is 5.77. The summed E-state index contributed by atoms with van der Waals surface area (Å²) >= 11 is 0. The Kier molecular flexibility index (Phi) is 6.01. The van der Waals surface area contributed by atoms with Crippen molar-refractivity contribution >= 4 is 11.9 Å². The fourth-order valence-corrected chi connectivity index (χ4v) is 5.81. The van der Waals surface area contributed by atoms with Crippen molar-refractivity contribution in [2.75, 3.05) is 7.11 Å². The lowest BCUT2D eigenvalue weighted by Gasteiger charge is -2.57. The molecule has 0 unspecified atom stereocenters. The first-order valence-electron chi connectivity index (χ1n) is 9.63. The maximum Gasteiger partial charge on any atom is 0.311 e. The lowest BCUT2D eigenvalue weighted by Crippen LogP contribution is -2.53. The monoisotopic (exact) mass is 350 g/mol. The van der Waals surface area contributed by atoms with Gasteiger partial charge in [-0.25, -0.2) is 0 Å². The SMILES string of the molecule is C=C1CC[C@H]2[C@](C)(CCC[C@@]2(C)C(=O)OC)[C@@H]1CC[C@@H](C)CC(=O)O. The second-order valence-electron chi connectivity index (χ2n) is 8.85. The van der Waals surface area contributed by atoms with E-state index >= 15 is 0 Å². The van der Waals surface area contributed by atoms with Crippen LogP contribution in [0.3, 0.4) is 0 Å². The second kappa shape index (κ2) is 7.51. The number of methoxy groups -OCH3 is 1. The van der Waals surface area contributed by atoms with Crippen LogP contribution in [0.1, 0.15) is 72.1 Å². The van der Waals surface area contributed by atoms with Gasteiger partial charge in [0.25, 0.3) is 0 Å². The molecule has 0 radical (unpaired) electrons. The summed E-state index contributed by atoms with van der Waals surface area (Å²) in [5.74, 6) is 0.0482. The molecule has 2 rings (SSSR count). The second-order valence-corrected chi connectivity index (χ2v) is 8.85. The highest BCUT2D eigenvalue weighted by atomic mass is 16.5. The quantitative estimate of drug-likeness (QED) is 0.550. The van der Waals surface area contributed by atoms with Crippen molar-refractivity contribution in [3.63, 3.8) is 0 Å². The van der Waals surface area contributed by atoms with Gasteiger partial charge in [-0.2, -0.15) is 0 Å². The van der Waals surface area contributed by atoms with Crippen LogP contribution >= 0.6 is 0 Å². The number of carboxylic acid groups (broad SMARTS) is 1. The van der Waals surface area contributed by atoms with E-state index < -0.39 is 11.4 Å². The zero-order valence-electron chi connectivity index (χ0n) is 16.3. The Morgan fingerprint density at radius 3 is 2.64 bits per heavy atom. The Hall–Kier alpha value is -1.32. The van der Waals surface area contributed by atoms with Crippen molar-refractivity contribution in [3.8, 4) is 0 Å². The van der Waals surface area contributed by atoms with E-state index in [0.717, 1.165) is 44.9 Å². The van der Waals surface area contributed by atoms with Crippen LogP contribution in [-0.2, 0) is 14.3 Å². The molecule has 25 heavy (non-hydrogen) atoms. The van der Waals surface area contributed by atoms with Crippen LogP contribution < -0.4 is 0 Å². The predicted molar refractivity (Wildman–Crippen MR) is 98.1 cm³/mol. The number of esters is 1. The van der Waals surface area contributed by atoms with Gasteiger partial charge in [0.05, 0.1) is 12.5 Å². The van der Waals surface area contributed by atoms with Gasteiger partial charge in [-0.05, 0) is 68.6 Å². The summed E-state index contributed by atoms with van der Waals surface area (Å²) < 4.78 is 5.16. The van der Waals surface area contributed by atoms with Gasteiger partial charge in [-0.1, -0.05) is 32.4 Å². The minimum atomic E-state index is -0.727. The van der Waals surface area contributed by atoms with E-state index in [9.17, 15) is 9.59 Å². The van der Waals surface area contributed by atoms with E-state index in [1.165, 1.54) is 12.7 Å². The molecule has 2 fully saturated rings. The largest absolute Gasteiger partial charge is 0.481 e. The molecule has 0 amide bonds.